The van der Waals surface area contributed by atoms with Gasteiger partial charge in [0.2, 0.25) is 0 Å². The molecule has 0 aliphatic carbocycles. The van der Waals surface area contributed by atoms with Crippen molar-refractivity contribution in [1.82, 2.24) is 0 Å². The molecule has 0 saturated carbocycles. The van der Waals surface area contributed by atoms with E-state index in [2.05, 4.69) is 12.1 Å². The molecular formula is C25H20O6Se. The Morgan fingerprint density at radius 3 is 2.56 bits per heavy atom. The Balaban J connectivity index is 1.50. The number of hydrogen-bond acceptors (Lipinski definition) is 6. The molecule has 0 bridgehead atoms. The fraction of sp³-hybridized carbons (Fsp3) is 0.240. The zero-order valence-electron chi connectivity index (χ0n) is 17.5. The molecule has 1 fully saturated rings. The predicted molar refractivity (Wildman–Crippen MR) is 122 cm³/mol. The van der Waals surface area contributed by atoms with E-state index < -0.39 is 0 Å². The second-order valence-corrected chi connectivity index (χ2v) is 10.4. The topological polar surface area (TPSA) is 67.1 Å². The minimum absolute atomic E-state index is 0.000186. The summed E-state index contributed by atoms with van der Waals surface area (Å²) in [6, 6.07) is 17.5. The van der Waals surface area contributed by atoms with Gasteiger partial charge in [0.05, 0.1) is 0 Å². The van der Waals surface area contributed by atoms with Crippen LogP contribution in [0.25, 0.3) is 21.9 Å². The summed E-state index contributed by atoms with van der Waals surface area (Å²) in [4.78, 5) is 13.6. The monoisotopic (exact) mass is 496 g/mol. The maximum absolute atomic E-state index is 13.6. The number of ether oxygens (including phenoxy) is 4. The molecule has 6 nitrogen and oxygen atoms in total. The van der Waals surface area contributed by atoms with Crippen LogP contribution in [0.4, 0.5) is 0 Å². The van der Waals surface area contributed by atoms with Crippen LogP contribution in [0.2, 0.25) is 0 Å². The van der Waals surface area contributed by atoms with Gasteiger partial charge in [0, 0.05) is 0 Å². The van der Waals surface area contributed by atoms with E-state index >= 15 is 0 Å². The van der Waals surface area contributed by atoms with Crippen molar-refractivity contribution in [2.75, 3.05) is 14.2 Å². The molecular weight excluding hydrogens is 475 g/mol. The number of hydrogen-bond donors (Lipinski definition) is 0. The molecule has 3 unspecified atom stereocenters. The second kappa shape index (κ2) is 7.55. The van der Waals surface area contributed by atoms with E-state index in [1.165, 1.54) is 11.6 Å². The second-order valence-electron chi connectivity index (χ2n) is 7.78. The SMILES string of the molecule is COc1cccc2oc3c4c(cc(OC)c3c(=O)c12)OC1OC([Se]c2ccccc2)CC41. The minimum atomic E-state index is -0.387. The van der Waals surface area contributed by atoms with Crippen molar-refractivity contribution in [3.63, 3.8) is 0 Å². The molecule has 32 heavy (non-hydrogen) atoms. The van der Waals surface area contributed by atoms with Gasteiger partial charge in [-0.25, -0.2) is 0 Å². The van der Waals surface area contributed by atoms with Crippen molar-refractivity contribution in [1.29, 1.82) is 0 Å². The fourth-order valence-corrected chi connectivity index (χ4v) is 6.90. The molecule has 0 amide bonds. The summed E-state index contributed by atoms with van der Waals surface area (Å²) in [5.74, 6) is 1.55. The third-order valence-corrected chi connectivity index (χ3v) is 8.36. The first-order chi connectivity index (χ1) is 15.7. The first kappa shape index (κ1) is 19.7. The molecule has 4 aromatic rings. The summed E-state index contributed by atoms with van der Waals surface area (Å²) < 4.78 is 31.0. The van der Waals surface area contributed by atoms with Gasteiger partial charge < -0.3 is 0 Å². The molecule has 3 atom stereocenters. The Morgan fingerprint density at radius 2 is 1.78 bits per heavy atom. The molecule has 0 N–H and O–H groups in total. The van der Waals surface area contributed by atoms with E-state index in [4.69, 9.17) is 23.4 Å². The van der Waals surface area contributed by atoms with Gasteiger partial charge in [0.25, 0.3) is 0 Å². The van der Waals surface area contributed by atoms with Gasteiger partial charge in [-0.2, -0.15) is 0 Å². The Labute approximate surface area is 190 Å². The molecule has 0 radical (unpaired) electrons. The van der Waals surface area contributed by atoms with Gasteiger partial charge in [0.1, 0.15) is 0 Å². The van der Waals surface area contributed by atoms with Gasteiger partial charge in [-0.3, -0.25) is 0 Å². The predicted octanol–water partition coefficient (Wildman–Crippen LogP) is 3.54. The molecule has 1 saturated heterocycles. The third-order valence-electron chi connectivity index (χ3n) is 6.03. The zero-order valence-corrected chi connectivity index (χ0v) is 19.2. The van der Waals surface area contributed by atoms with Gasteiger partial charge in [-0.05, 0) is 0 Å². The summed E-state index contributed by atoms with van der Waals surface area (Å²) in [6.07, 6.45) is 0.426. The van der Waals surface area contributed by atoms with Crippen LogP contribution in [0.5, 0.6) is 17.2 Å². The molecule has 1 aromatic heterocycles. The maximum atomic E-state index is 13.6. The molecule has 0 spiro atoms. The average molecular weight is 495 g/mol. The molecule has 3 heterocycles. The van der Waals surface area contributed by atoms with E-state index in [-0.39, 0.29) is 37.6 Å². The first-order valence-electron chi connectivity index (χ1n) is 10.4. The van der Waals surface area contributed by atoms with E-state index in [9.17, 15) is 4.79 Å². The normalized spacial score (nSPS) is 21.4. The number of methoxy groups -OCH3 is 2. The Hall–Kier alpha value is -2.99. The average Bonchev–Trinajstić information content (AvgIpc) is 3.35. The Bertz CT molecular complexity index is 1400. The van der Waals surface area contributed by atoms with E-state index in [0.717, 1.165) is 12.0 Å². The van der Waals surface area contributed by atoms with Gasteiger partial charge in [0.15, 0.2) is 0 Å². The summed E-state index contributed by atoms with van der Waals surface area (Å²) in [5, 5.41) is 0.908. The molecule has 3 aromatic carbocycles. The standard InChI is InChI=1S/C25H20O6Se/c1-27-15-9-6-10-16-21(15)23(26)22-17(28-2)12-18-20(24(22)29-16)14-11-19(31-25(14)30-18)32-13-7-4-3-5-8-13/h3-10,12,14,19,25H,11H2,1-2H3. The summed E-state index contributed by atoms with van der Waals surface area (Å²) in [6.45, 7) is 0. The van der Waals surface area contributed by atoms with Crippen molar-refractivity contribution in [3.8, 4) is 17.2 Å². The van der Waals surface area contributed by atoms with Crippen molar-refractivity contribution in [3.05, 3.63) is 70.4 Å². The van der Waals surface area contributed by atoms with Crippen molar-refractivity contribution < 1.29 is 23.4 Å². The van der Waals surface area contributed by atoms with Crippen molar-refractivity contribution in [2.24, 2.45) is 0 Å². The van der Waals surface area contributed by atoms with Crippen LogP contribution in [-0.4, -0.2) is 40.5 Å². The first-order valence-corrected chi connectivity index (χ1v) is 12.2. The zero-order chi connectivity index (χ0) is 21.8. The van der Waals surface area contributed by atoms with Crippen LogP contribution in [0, 0.1) is 0 Å². The fourth-order valence-electron chi connectivity index (χ4n) is 4.62. The van der Waals surface area contributed by atoms with E-state index in [1.54, 1.807) is 25.3 Å². The van der Waals surface area contributed by atoms with Crippen LogP contribution in [0.3, 0.4) is 0 Å². The van der Waals surface area contributed by atoms with E-state index in [1.807, 2.05) is 24.3 Å². The van der Waals surface area contributed by atoms with Crippen LogP contribution in [0.15, 0.2) is 63.8 Å². The summed E-state index contributed by atoms with van der Waals surface area (Å²) in [5.41, 5.74) is 1.70. The third kappa shape index (κ3) is 2.93. The van der Waals surface area contributed by atoms with Crippen LogP contribution in [0.1, 0.15) is 17.9 Å². The van der Waals surface area contributed by atoms with Crippen LogP contribution in [-0.2, 0) is 4.74 Å². The molecule has 162 valence electrons. The van der Waals surface area contributed by atoms with Gasteiger partial charge in [-0.1, -0.05) is 0 Å². The quantitative estimate of drug-likeness (QED) is 0.319. The Morgan fingerprint density at radius 1 is 0.969 bits per heavy atom. The van der Waals surface area contributed by atoms with Crippen molar-refractivity contribution >= 4 is 41.4 Å². The Kier molecular flexibility index (Phi) is 4.64. The van der Waals surface area contributed by atoms with Crippen molar-refractivity contribution in [2.45, 2.75) is 23.6 Å². The number of benzene rings is 3. The van der Waals surface area contributed by atoms with E-state index in [0.29, 0.717) is 39.2 Å². The summed E-state index contributed by atoms with van der Waals surface area (Å²) >= 11 is 0.165. The van der Waals surface area contributed by atoms with Crippen LogP contribution >= 0.6 is 0 Å². The summed E-state index contributed by atoms with van der Waals surface area (Å²) in [7, 11) is 3.08. The molecule has 6 rings (SSSR count). The van der Waals surface area contributed by atoms with Gasteiger partial charge >= 0.3 is 190 Å². The molecule has 7 heteroatoms. The van der Waals surface area contributed by atoms with Gasteiger partial charge in [-0.15, -0.1) is 0 Å². The van der Waals surface area contributed by atoms with Crippen LogP contribution < -0.4 is 24.1 Å². The molecule has 2 aliphatic heterocycles. The molecule has 2 aliphatic rings. The number of rotatable bonds is 4. The number of fused-ring (bicyclic) bond motifs is 6.